The summed E-state index contributed by atoms with van der Waals surface area (Å²) in [5.41, 5.74) is 0.777. The average molecular weight is 312 g/mol. The maximum atomic E-state index is 12.2. The number of amides is 1. The highest BCUT2D eigenvalue weighted by molar-refractivity contribution is 6.30. The van der Waals surface area contributed by atoms with Gasteiger partial charge in [-0.25, -0.2) is 9.59 Å². The SMILES string of the molecule is CC(C)(C)OC(=O)N1CCc2cc(Cl)ccc2C1C(=O)O. The number of hydrogen-bond acceptors (Lipinski definition) is 3. The van der Waals surface area contributed by atoms with Crippen molar-refractivity contribution in [1.29, 1.82) is 0 Å². The zero-order valence-electron chi connectivity index (χ0n) is 12.2. The van der Waals surface area contributed by atoms with Gasteiger partial charge in [-0.2, -0.15) is 0 Å². The van der Waals surface area contributed by atoms with Gasteiger partial charge in [-0.3, -0.25) is 4.90 Å². The van der Waals surface area contributed by atoms with Gasteiger partial charge in [-0.15, -0.1) is 0 Å². The van der Waals surface area contributed by atoms with E-state index in [4.69, 9.17) is 16.3 Å². The van der Waals surface area contributed by atoms with E-state index in [-0.39, 0.29) is 0 Å². The molecule has 1 N–H and O–H groups in total. The molecule has 21 heavy (non-hydrogen) atoms. The van der Waals surface area contributed by atoms with Crippen LogP contribution in [0.4, 0.5) is 4.79 Å². The van der Waals surface area contributed by atoms with Gasteiger partial charge in [0.15, 0.2) is 6.04 Å². The van der Waals surface area contributed by atoms with E-state index in [9.17, 15) is 14.7 Å². The van der Waals surface area contributed by atoms with E-state index in [2.05, 4.69) is 0 Å². The lowest BCUT2D eigenvalue weighted by molar-refractivity contribution is -0.143. The molecule has 1 amide bonds. The Kier molecular flexibility index (Phi) is 4.14. The number of ether oxygens (including phenoxy) is 1. The van der Waals surface area contributed by atoms with Gasteiger partial charge < -0.3 is 9.84 Å². The van der Waals surface area contributed by atoms with Crippen LogP contribution in [-0.2, 0) is 16.0 Å². The molecule has 1 aliphatic rings. The van der Waals surface area contributed by atoms with Crippen LogP contribution in [0.15, 0.2) is 18.2 Å². The fourth-order valence-electron chi connectivity index (χ4n) is 2.38. The van der Waals surface area contributed by atoms with Gasteiger partial charge in [0, 0.05) is 11.6 Å². The number of aliphatic carboxylic acids is 1. The van der Waals surface area contributed by atoms with Crippen LogP contribution in [0.1, 0.15) is 37.9 Å². The Morgan fingerprint density at radius 1 is 1.38 bits per heavy atom. The lowest BCUT2D eigenvalue weighted by Crippen LogP contribution is -2.45. The van der Waals surface area contributed by atoms with E-state index >= 15 is 0 Å². The van der Waals surface area contributed by atoms with Crippen molar-refractivity contribution in [3.05, 3.63) is 34.3 Å². The molecule has 0 aliphatic carbocycles. The maximum absolute atomic E-state index is 12.2. The predicted molar refractivity (Wildman–Crippen MR) is 78.5 cm³/mol. The second kappa shape index (κ2) is 5.56. The number of benzene rings is 1. The fourth-order valence-corrected chi connectivity index (χ4v) is 2.57. The minimum absolute atomic E-state index is 0.291. The molecule has 0 saturated heterocycles. The zero-order valence-corrected chi connectivity index (χ0v) is 13.0. The number of halogens is 1. The van der Waals surface area contributed by atoms with Crippen LogP contribution in [0.25, 0.3) is 0 Å². The molecule has 1 atom stereocenters. The van der Waals surface area contributed by atoms with E-state index in [0.29, 0.717) is 23.6 Å². The van der Waals surface area contributed by atoms with Gasteiger partial charge in [0.2, 0.25) is 0 Å². The highest BCUT2D eigenvalue weighted by atomic mass is 35.5. The first-order valence-electron chi connectivity index (χ1n) is 6.70. The average Bonchev–Trinajstić information content (AvgIpc) is 2.34. The van der Waals surface area contributed by atoms with E-state index < -0.39 is 23.7 Å². The van der Waals surface area contributed by atoms with Gasteiger partial charge in [0.1, 0.15) is 5.60 Å². The lowest BCUT2D eigenvalue weighted by atomic mass is 9.93. The molecule has 0 fully saturated rings. The van der Waals surface area contributed by atoms with Crippen LogP contribution in [0.3, 0.4) is 0 Å². The van der Waals surface area contributed by atoms with Gasteiger partial charge >= 0.3 is 12.1 Å². The van der Waals surface area contributed by atoms with Crippen LogP contribution in [-0.4, -0.2) is 34.2 Å². The number of carbonyl (C=O) groups is 2. The first kappa shape index (κ1) is 15.6. The Morgan fingerprint density at radius 3 is 2.62 bits per heavy atom. The second-order valence-corrected chi connectivity index (χ2v) is 6.44. The summed E-state index contributed by atoms with van der Waals surface area (Å²) in [6, 6.07) is 4.00. The summed E-state index contributed by atoms with van der Waals surface area (Å²) in [5, 5.41) is 10.0. The lowest BCUT2D eigenvalue weighted by Gasteiger charge is -2.35. The Morgan fingerprint density at radius 2 is 2.05 bits per heavy atom. The van der Waals surface area contributed by atoms with E-state index in [1.807, 2.05) is 0 Å². The molecular weight excluding hydrogens is 294 g/mol. The van der Waals surface area contributed by atoms with Crippen molar-refractivity contribution >= 4 is 23.7 Å². The number of carboxylic acid groups (broad SMARTS) is 1. The normalized spacial score (nSPS) is 18.1. The van der Waals surface area contributed by atoms with E-state index in [1.165, 1.54) is 4.90 Å². The summed E-state index contributed by atoms with van der Waals surface area (Å²) in [7, 11) is 0. The topological polar surface area (TPSA) is 66.8 Å². The van der Waals surface area contributed by atoms with Crippen molar-refractivity contribution < 1.29 is 19.4 Å². The molecule has 1 aliphatic heterocycles. The molecule has 1 aromatic carbocycles. The van der Waals surface area contributed by atoms with E-state index in [0.717, 1.165) is 5.56 Å². The Labute approximate surface area is 128 Å². The number of carbonyl (C=O) groups excluding carboxylic acids is 1. The quantitative estimate of drug-likeness (QED) is 0.864. The minimum Gasteiger partial charge on any atom is -0.479 e. The Balaban J connectivity index is 2.35. The van der Waals surface area contributed by atoms with Crippen LogP contribution < -0.4 is 0 Å². The summed E-state index contributed by atoms with van der Waals surface area (Å²) in [6.07, 6.45) is -0.0608. The largest absolute Gasteiger partial charge is 0.479 e. The van der Waals surface area contributed by atoms with Crippen molar-refractivity contribution in [2.45, 2.75) is 38.8 Å². The van der Waals surface area contributed by atoms with Crippen molar-refractivity contribution in [3.63, 3.8) is 0 Å². The molecule has 0 bridgehead atoms. The number of hydrogen-bond donors (Lipinski definition) is 1. The van der Waals surface area contributed by atoms with Crippen molar-refractivity contribution in [1.82, 2.24) is 4.90 Å². The monoisotopic (exact) mass is 311 g/mol. The molecule has 5 nitrogen and oxygen atoms in total. The number of rotatable bonds is 1. The molecule has 1 aromatic rings. The maximum Gasteiger partial charge on any atom is 0.411 e. The zero-order chi connectivity index (χ0) is 15.8. The molecule has 1 heterocycles. The summed E-state index contributed by atoms with van der Waals surface area (Å²) in [6.45, 7) is 5.54. The number of nitrogens with zero attached hydrogens (tertiary/aromatic N) is 1. The number of carboxylic acids is 1. The smallest absolute Gasteiger partial charge is 0.411 e. The summed E-state index contributed by atoms with van der Waals surface area (Å²) >= 11 is 5.94. The molecular formula is C15H18ClNO4. The van der Waals surface area contributed by atoms with Crippen LogP contribution in [0.5, 0.6) is 0 Å². The molecule has 1 unspecified atom stereocenters. The fraction of sp³-hybridized carbons (Fsp3) is 0.467. The summed E-state index contributed by atoms with van der Waals surface area (Å²) < 4.78 is 5.29. The second-order valence-electron chi connectivity index (χ2n) is 6.01. The predicted octanol–water partition coefficient (Wildman–Crippen LogP) is 3.26. The van der Waals surface area contributed by atoms with Gasteiger partial charge in [-0.05, 0) is 50.5 Å². The third-order valence-corrected chi connectivity index (χ3v) is 3.43. The molecule has 114 valence electrons. The standard InChI is InChI=1S/C15H18ClNO4/c1-15(2,3)21-14(20)17-7-6-9-8-10(16)4-5-11(9)12(17)13(18)19/h4-5,8,12H,6-7H2,1-3H3,(H,18,19). The van der Waals surface area contributed by atoms with E-state index in [1.54, 1.807) is 39.0 Å². The summed E-state index contributed by atoms with van der Waals surface area (Å²) in [5.74, 6) is -1.08. The van der Waals surface area contributed by atoms with Gasteiger partial charge in [-0.1, -0.05) is 17.7 Å². The van der Waals surface area contributed by atoms with Gasteiger partial charge in [0.05, 0.1) is 0 Å². The van der Waals surface area contributed by atoms with Crippen molar-refractivity contribution in [3.8, 4) is 0 Å². The van der Waals surface area contributed by atoms with Crippen molar-refractivity contribution in [2.24, 2.45) is 0 Å². The minimum atomic E-state index is -1.08. The molecule has 0 radical (unpaired) electrons. The summed E-state index contributed by atoms with van der Waals surface area (Å²) in [4.78, 5) is 25.1. The van der Waals surface area contributed by atoms with Crippen LogP contribution in [0, 0.1) is 0 Å². The molecule has 0 saturated carbocycles. The highest BCUT2D eigenvalue weighted by Gasteiger charge is 2.38. The molecule has 6 heteroatoms. The number of fused-ring (bicyclic) bond motifs is 1. The van der Waals surface area contributed by atoms with Crippen LogP contribution in [0.2, 0.25) is 5.02 Å². The first-order valence-corrected chi connectivity index (χ1v) is 7.07. The Hall–Kier alpha value is -1.75. The van der Waals surface area contributed by atoms with Crippen molar-refractivity contribution in [2.75, 3.05) is 6.54 Å². The third-order valence-electron chi connectivity index (χ3n) is 3.20. The molecule has 0 aromatic heterocycles. The Bertz CT molecular complexity index is 580. The highest BCUT2D eigenvalue weighted by Crippen LogP contribution is 2.32. The van der Waals surface area contributed by atoms with Gasteiger partial charge in [0.25, 0.3) is 0 Å². The molecule has 0 spiro atoms. The third kappa shape index (κ3) is 3.47. The van der Waals surface area contributed by atoms with Crippen LogP contribution >= 0.6 is 11.6 Å². The molecule has 2 rings (SSSR count). The first-order chi connectivity index (χ1) is 9.69.